The zero-order chi connectivity index (χ0) is 22.6. The Labute approximate surface area is 177 Å². The number of nitriles is 1. The molecule has 1 fully saturated rings. The normalized spacial score (nSPS) is 15.3. The quantitative estimate of drug-likeness (QED) is 0.548. The summed E-state index contributed by atoms with van der Waals surface area (Å²) in [7, 11) is -3.89. The third-order valence-electron chi connectivity index (χ3n) is 4.71. The molecule has 0 aromatic heterocycles. The topological polar surface area (TPSA) is 106 Å². The van der Waals surface area contributed by atoms with Crippen LogP contribution in [-0.4, -0.2) is 32.2 Å². The Hall–Kier alpha value is -3.07. The van der Waals surface area contributed by atoms with Gasteiger partial charge in [0, 0.05) is 18.7 Å². The van der Waals surface area contributed by atoms with Crippen LogP contribution >= 0.6 is 0 Å². The van der Waals surface area contributed by atoms with Crippen molar-refractivity contribution in [2.24, 2.45) is 5.90 Å². The summed E-state index contributed by atoms with van der Waals surface area (Å²) in [6, 6.07) is 12.8. The van der Waals surface area contributed by atoms with Gasteiger partial charge in [-0.1, -0.05) is 12.1 Å². The molecule has 0 radical (unpaired) electrons. The van der Waals surface area contributed by atoms with Gasteiger partial charge in [-0.2, -0.15) is 15.5 Å². The van der Waals surface area contributed by atoms with Crippen LogP contribution in [0.15, 0.2) is 59.0 Å². The van der Waals surface area contributed by atoms with Crippen molar-refractivity contribution in [3.8, 4) is 11.8 Å². The fraction of sp³-hybridized carbons (Fsp3) is 0.250. The van der Waals surface area contributed by atoms with Crippen LogP contribution in [0.1, 0.15) is 24.0 Å². The zero-order valence-electron chi connectivity index (χ0n) is 16.1. The highest BCUT2D eigenvalue weighted by molar-refractivity contribution is 7.89. The summed E-state index contributed by atoms with van der Waals surface area (Å²) < 4.78 is 67.5. The van der Waals surface area contributed by atoms with Crippen molar-refractivity contribution in [3.05, 3.63) is 65.2 Å². The van der Waals surface area contributed by atoms with Gasteiger partial charge in [0.25, 0.3) is 0 Å². The summed E-state index contributed by atoms with van der Waals surface area (Å²) in [6.07, 6.45) is -4.17. The Kier molecular flexibility index (Phi) is 6.54. The number of benzene rings is 2. The maximum Gasteiger partial charge on any atom is 0.573 e. The zero-order valence-corrected chi connectivity index (χ0v) is 16.9. The van der Waals surface area contributed by atoms with Gasteiger partial charge in [0.2, 0.25) is 10.0 Å². The average molecular weight is 453 g/mol. The lowest BCUT2D eigenvalue weighted by Gasteiger charge is -2.28. The molecule has 1 aliphatic heterocycles. The van der Waals surface area contributed by atoms with Crippen LogP contribution in [0.3, 0.4) is 0 Å². The molecule has 0 spiro atoms. The molecule has 2 aromatic rings. The van der Waals surface area contributed by atoms with Crippen LogP contribution in [0.4, 0.5) is 13.2 Å². The van der Waals surface area contributed by atoms with E-state index >= 15 is 0 Å². The highest BCUT2D eigenvalue weighted by Gasteiger charge is 2.32. The van der Waals surface area contributed by atoms with Crippen LogP contribution < -0.4 is 10.6 Å². The third kappa shape index (κ3) is 5.35. The second kappa shape index (κ2) is 8.97. The molecule has 2 aromatic carbocycles. The van der Waals surface area contributed by atoms with Crippen molar-refractivity contribution in [2.45, 2.75) is 24.1 Å². The minimum atomic E-state index is -4.86. The summed E-state index contributed by atoms with van der Waals surface area (Å²) in [5.41, 5.74) is 1.86. The van der Waals surface area contributed by atoms with Crippen LogP contribution in [0.5, 0.6) is 5.75 Å². The second-order valence-corrected chi connectivity index (χ2v) is 8.60. The van der Waals surface area contributed by atoms with Gasteiger partial charge in [-0.25, -0.2) is 8.42 Å². The van der Waals surface area contributed by atoms with Crippen molar-refractivity contribution >= 4 is 15.8 Å². The third-order valence-corrected chi connectivity index (χ3v) is 6.63. The summed E-state index contributed by atoms with van der Waals surface area (Å²) in [6.45, 7) is 0.284. The summed E-state index contributed by atoms with van der Waals surface area (Å²) in [5.74, 6) is 5.32. The van der Waals surface area contributed by atoms with E-state index in [0.717, 1.165) is 29.8 Å². The molecule has 164 valence electrons. The lowest BCUT2D eigenvalue weighted by Crippen LogP contribution is -2.36. The average Bonchev–Trinajstić information content (AvgIpc) is 2.74. The van der Waals surface area contributed by atoms with Gasteiger partial charge in [0.1, 0.15) is 5.75 Å². The molecular formula is C20H18F3N3O4S. The minimum Gasteiger partial charge on any atom is -0.411 e. The van der Waals surface area contributed by atoms with E-state index in [1.807, 2.05) is 6.07 Å². The fourth-order valence-electron chi connectivity index (χ4n) is 3.27. The van der Waals surface area contributed by atoms with E-state index in [-0.39, 0.29) is 18.0 Å². The molecule has 31 heavy (non-hydrogen) atoms. The number of nitrogens with two attached hydrogens (primary N) is 1. The Morgan fingerprint density at radius 3 is 2.29 bits per heavy atom. The number of alkyl halides is 3. The van der Waals surface area contributed by atoms with Gasteiger partial charge in [-0.15, -0.1) is 13.2 Å². The van der Waals surface area contributed by atoms with E-state index in [2.05, 4.69) is 4.74 Å². The SMILES string of the molecule is N#Cc1cccc(C(ON)=C2CCN(S(=O)(=O)c3ccc(OC(F)(F)F)cc3)CC2)c1. The van der Waals surface area contributed by atoms with Gasteiger partial charge in [0.05, 0.1) is 16.5 Å². The molecule has 1 saturated heterocycles. The van der Waals surface area contributed by atoms with Crippen molar-refractivity contribution in [2.75, 3.05) is 13.1 Å². The molecule has 0 bridgehead atoms. The van der Waals surface area contributed by atoms with Gasteiger partial charge < -0.3 is 9.57 Å². The minimum absolute atomic E-state index is 0.133. The van der Waals surface area contributed by atoms with E-state index in [1.165, 1.54) is 4.31 Å². The first kappa shape index (κ1) is 22.6. The predicted molar refractivity (Wildman–Crippen MR) is 104 cm³/mol. The van der Waals surface area contributed by atoms with Crippen molar-refractivity contribution in [1.29, 1.82) is 5.26 Å². The standard InChI is InChI=1S/C20H18F3N3O4S/c21-20(22,23)29-17-4-6-18(7-5-17)31(27,28)26-10-8-15(9-11-26)19(30-25)16-3-1-2-14(12-16)13-24/h1-7,12H,8-11,25H2. The smallest absolute Gasteiger partial charge is 0.411 e. The van der Waals surface area contributed by atoms with Crippen LogP contribution in [0.25, 0.3) is 5.76 Å². The van der Waals surface area contributed by atoms with Gasteiger partial charge >= 0.3 is 6.36 Å². The van der Waals surface area contributed by atoms with E-state index in [1.54, 1.807) is 24.3 Å². The number of ether oxygens (including phenoxy) is 1. The van der Waals surface area contributed by atoms with E-state index in [9.17, 15) is 21.6 Å². The predicted octanol–water partition coefficient (Wildman–Crippen LogP) is 3.54. The molecule has 7 nitrogen and oxygen atoms in total. The van der Waals surface area contributed by atoms with Crippen LogP contribution in [0.2, 0.25) is 0 Å². The lowest BCUT2D eigenvalue weighted by atomic mass is 9.99. The van der Waals surface area contributed by atoms with E-state index in [4.69, 9.17) is 16.0 Å². The number of halogens is 3. The first-order valence-corrected chi connectivity index (χ1v) is 10.5. The Bertz CT molecular complexity index is 1110. The summed E-state index contributed by atoms with van der Waals surface area (Å²) in [4.78, 5) is 4.90. The molecule has 11 heteroatoms. The molecule has 1 heterocycles. The molecule has 0 aliphatic carbocycles. The Balaban J connectivity index is 1.76. The van der Waals surface area contributed by atoms with Crippen LogP contribution in [-0.2, 0) is 14.9 Å². The number of hydrogen-bond acceptors (Lipinski definition) is 6. The van der Waals surface area contributed by atoms with Crippen LogP contribution in [0, 0.1) is 11.3 Å². The summed E-state index contributed by atoms with van der Waals surface area (Å²) in [5, 5.41) is 9.06. The van der Waals surface area contributed by atoms with Crippen molar-refractivity contribution in [1.82, 2.24) is 4.31 Å². The Morgan fingerprint density at radius 2 is 1.74 bits per heavy atom. The second-order valence-electron chi connectivity index (χ2n) is 6.67. The highest BCUT2D eigenvalue weighted by atomic mass is 32.2. The molecular weight excluding hydrogens is 435 g/mol. The number of piperidine rings is 1. The fourth-order valence-corrected chi connectivity index (χ4v) is 4.71. The Morgan fingerprint density at radius 1 is 1.10 bits per heavy atom. The molecule has 0 amide bonds. The van der Waals surface area contributed by atoms with E-state index < -0.39 is 22.1 Å². The first-order valence-electron chi connectivity index (χ1n) is 9.09. The van der Waals surface area contributed by atoms with Crippen molar-refractivity contribution in [3.63, 3.8) is 0 Å². The van der Waals surface area contributed by atoms with Crippen molar-refractivity contribution < 1.29 is 31.2 Å². The maximum absolute atomic E-state index is 12.8. The number of rotatable bonds is 5. The van der Waals surface area contributed by atoms with Gasteiger partial charge in [0.15, 0.2) is 5.76 Å². The first-order chi connectivity index (χ1) is 14.6. The van der Waals surface area contributed by atoms with E-state index in [0.29, 0.717) is 29.7 Å². The van der Waals surface area contributed by atoms with Gasteiger partial charge in [-0.05, 0) is 54.8 Å². The lowest BCUT2D eigenvalue weighted by molar-refractivity contribution is -0.274. The highest BCUT2D eigenvalue weighted by Crippen LogP contribution is 2.30. The molecule has 2 N–H and O–H groups in total. The largest absolute Gasteiger partial charge is 0.573 e. The summed E-state index contributed by atoms with van der Waals surface area (Å²) >= 11 is 0. The molecule has 0 atom stereocenters. The number of hydrogen-bond donors (Lipinski definition) is 1. The number of nitrogens with zero attached hydrogens (tertiary/aromatic N) is 2. The number of sulfonamides is 1. The molecule has 1 aliphatic rings. The monoisotopic (exact) mass is 453 g/mol. The van der Waals surface area contributed by atoms with Gasteiger partial charge in [-0.3, -0.25) is 0 Å². The molecule has 3 rings (SSSR count). The molecule has 0 saturated carbocycles. The maximum atomic E-state index is 12.8. The molecule has 0 unspecified atom stereocenters.